The molecule has 6 nitrogen and oxygen atoms in total. The molecule has 1 N–H and O–H groups in total. The second kappa shape index (κ2) is 5.62. The third-order valence-electron chi connectivity index (χ3n) is 2.74. The lowest BCUT2D eigenvalue weighted by Gasteiger charge is -2.35. The summed E-state index contributed by atoms with van der Waals surface area (Å²) < 4.78 is 21.0. The van der Waals surface area contributed by atoms with Crippen LogP contribution in [-0.4, -0.2) is 50.1 Å². The lowest BCUT2D eigenvalue weighted by atomic mass is 9.93. The van der Waals surface area contributed by atoms with Crippen molar-refractivity contribution in [2.24, 2.45) is 5.92 Å². The first-order valence-corrected chi connectivity index (χ1v) is 5.65. The molecule has 0 amide bonds. The van der Waals surface area contributed by atoms with Gasteiger partial charge in [0.15, 0.2) is 0 Å². The van der Waals surface area contributed by atoms with Gasteiger partial charge in [-0.2, -0.15) is 0 Å². The van der Waals surface area contributed by atoms with Gasteiger partial charge < -0.3 is 24.1 Å². The molecule has 2 rings (SSSR count). The molecule has 1 aliphatic carbocycles. The Morgan fingerprint density at radius 3 is 2.89 bits per heavy atom. The number of epoxide rings is 1. The van der Waals surface area contributed by atoms with Gasteiger partial charge in [0.05, 0.1) is 13.2 Å². The summed E-state index contributed by atoms with van der Waals surface area (Å²) in [5.74, 6) is -3.25. The Labute approximate surface area is 105 Å². The van der Waals surface area contributed by atoms with Crippen LogP contribution in [-0.2, 0) is 23.7 Å². The largest absolute Gasteiger partial charge is 0.481 e. The van der Waals surface area contributed by atoms with E-state index in [4.69, 9.17) is 18.9 Å². The molecule has 1 heterocycles. The van der Waals surface area contributed by atoms with Crippen molar-refractivity contribution in [3.05, 3.63) is 24.3 Å². The summed E-state index contributed by atoms with van der Waals surface area (Å²) in [5.41, 5.74) is 0. The van der Waals surface area contributed by atoms with Crippen LogP contribution in [0.15, 0.2) is 24.3 Å². The fourth-order valence-corrected chi connectivity index (χ4v) is 1.71. The molecule has 0 spiro atoms. The van der Waals surface area contributed by atoms with Gasteiger partial charge in [-0.1, -0.05) is 18.2 Å². The molecule has 0 aromatic carbocycles. The first-order valence-electron chi connectivity index (χ1n) is 5.65. The Kier molecular flexibility index (Phi) is 4.13. The maximum Gasteiger partial charge on any atom is 0.316 e. The number of aliphatic carboxylic acids is 1. The number of hydrogen-bond acceptors (Lipinski definition) is 5. The van der Waals surface area contributed by atoms with Crippen molar-refractivity contribution in [3.8, 4) is 0 Å². The number of rotatable bonds is 7. The van der Waals surface area contributed by atoms with E-state index in [0.29, 0.717) is 13.2 Å². The van der Waals surface area contributed by atoms with Gasteiger partial charge in [-0.15, -0.1) is 0 Å². The topological polar surface area (TPSA) is 77.5 Å². The standard InChI is InChI=1S/C12H16O6/c1-15-8-18-12(17-7-9-6-16-9)5-3-2-4-10(12)11(13)14/h2-5,9-10H,6-8H2,1H3,(H,13,14). The predicted octanol–water partition coefficient (Wildman–Crippen LogP) is 0.545. The van der Waals surface area contributed by atoms with Gasteiger partial charge in [-0.05, 0) is 6.08 Å². The summed E-state index contributed by atoms with van der Waals surface area (Å²) >= 11 is 0. The molecular weight excluding hydrogens is 240 g/mol. The highest BCUT2D eigenvalue weighted by Crippen LogP contribution is 2.31. The van der Waals surface area contributed by atoms with E-state index in [-0.39, 0.29) is 12.9 Å². The summed E-state index contributed by atoms with van der Waals surface area (Å²) in [6, 6.07) is 0. The van der Waals surface area contributed by atoms with Crippen molar-refractivity contribution >= 4 is 5.97 Å². The number of hydrogen-bond donors (Lipinski definition) is 1. The maximum absolute atomic E-state index is 11.3. The lowest BCUT2D eigenvalue weighted by Crippen LogP contribution is -2.47. The number of allylic oxidation sites excluding steroid dienone is 2. The highest BCUT2D eigenvalue weighted by molar-refractivity contribution is 5.74. The second-order valence-electron chi connectivity index (χ2n) is 4.10. The van der Waals surface area contributed by atoms with E-state index in [1.165, 1.54) is 13.2 Å². The average molecular weight is 256 g/mol. The van der Waals surface area contributed by atoms with E-state index in [1.54, 1.807) is 18.2 Å². The molecule has 0 saturated carbocycles. The molecule has 1 saturated heterocycles. The second-order valence-corrected chi connectivity index (χ2v) is 4.10. The molecule has 100 valence electrons. The molecule has 0 radical (unpaired) electrons. The van der Waals surface area contributed by atoms with E-state index in [2.05, 4.69) is 0 Å². The molecule has 1 aliphatic heterocycles. The van der Waals surface area contributed by atoms with Gasteiger partial charge >= 0.3 is 5.97 Å². The minimum absolute atomic E-state index is 0.0294. The fourth-order valence-electron chi connectivity index (χ4n) is 1.71. The van der Waals surface area contributed by atoms with Crippen LogP contribution < -0.4 is 0 Å². The highest BCUT2D eigenvalue weighted by Gasteiger charge is 2.44. The van der Waals surface area contributed by atoms with Gasteiger partial charge in [-0.3, -0.25) is 4.79 Å². The Balaban J connectivity index is 2.11. The smallest absolute Gasteiger partial charge is 0.316 e. The molecule has 0 aromatic rings. The zero-order valence-corrected chi connectivity index (χ0v) is 10.1. The van der Waals surface area contributed by atoms with E-state index >= 15 is 0 Å². The number of carbonyl (C=O) groups is 1. The third kappa shape index (κ3) is 2.97. The van der Waals surface area contributed by atoms with Crippen molar-refractivity contribution in [3.63, 3.8) is 0 Å². The van der Waals surface area contributed by atoms with Crippen molar-refractivity contribution in [1.82, 2.24) is 0 Å². The third-order valence-corrected chi connectivity index (χ3v) is 2.74. The molecule has 18 heavy (non-hydrogen) atoms. The summed E-state index contributed by atoms with van der Waals surface area (Å²) in [7, 11) is 1.47. The number of carboxylic acid groups (broad SMARTS) is 1. The molecule has 3 unspecified atom stereocenters. The van der Waals surface area contributed by atoms with E-state index in [9.17, 15) is 9.90 Å². The molecular formula is C12H16O6. The van der Waals surface area contributed by atoms with Crippen LogP contribution in [0.1, 0.15) is 0 Å². The lowest BCUT2D eigenvalue weighted by molar-refractivity contribution is -0.260. The van der Waals surface area contributed by atoms with E-state index in [1.807, 2.05) is 0 Å². The van der Waals surface area contributed by atoms with Crippen LogP contribution in [0.5, 0.6) is 0 Å². The minimum Gasteiger partial charge on any atom is -0.481 e. The monoisotopic (exact) mass is 256 g/mol. The van der Waals surface area contributed by atoms with Crippen molar-refractivity contribution in [1.29, 1.82) is 0 Å². The van der Waals surface area contributed by atoms with Crippen LogP contribution >= 0.6 is 0 Å². The Morgan fingerprint density at radius 1 is 1.50 bits per heavy atom. The molecule has 3 atom stereocenters. The SMILES string of the molecule is COCOC1(OCC2CO2)C=CC=CC1C(=O)O. The van der Waals surface area contributed by atoms with Crippen molar-refractivity contribution < 1.29 is 28.8 Å². The highest BCUT2D eigenvalue weighted by atomic mass is 16.8. The Hall–Kier alpha value is -1.21. The van der Waals surface area contributed by atoms with Gasteiger partial charge in [0.25, 0.3) is 0 Å². The molecule has 0 bridgehead atoms. The van der Waals surface area contributed by atoms with Crippen LogP contribution in [0.4, 0.5) is 0 Å². The number of carboxylic acids is 1. The van der Waals surface area contributed by atoms with Gasteiger partial charge in [-0.25, -0.2) is 0 Å². The zero-order valence-electron chi connectivity index (χ0n) is 10.1. The summed E-state index contributed by atoms with van der Waals surface area (Å²) in [6.07, 6.45) is 6.51. The fraction of sp³-hybridized carbons (Fsp3) is 0.583. The van der Waals surface area contributed by atoms with Crippen LogP contribution in [0, 0.1) is 5.92 Å². The first kappa shape index (κ1) is 13.2. The quantitative estimate of drug-likeness (QED) is 0.529. The first-order chi connectivity index (χ1) is 8.68. The van der Waals surface area contributed by atoms with E-state index < -0.39 is 17.7 Å². The zero-order chi connectivity index (χ0) is 13.0. The number of methoxy groups -OCH3 is 1. The Bertz CT molecular complexity index is 360. The van der Waals surface area contributed by atoms with Crippen LogP contribution in [0.25, 0.3) is 0 Å². The molecule has 0 aromatic heterocycles. The molecule has 6 heteroatoms. The van der Waals surface area contributed by atoms with Crippen molar-refractivity contribution in [2.45, 2.75) is 11.9 Å². The van der Waals surface area contributed by atoms with Crippen LogP contribution in [0.2, 0.25) is 0 Å². The van der Waals surface area contributed by atoms with Crippen molar-refractivity contribution in [2.75, 3.05) is 27.1 Å². The summed E-state index contributed by atoms with van der Waals surface area (Å²) in [5, 5.41) is 9.24. The maximum atomic E-state index is 11.3. The van der Waals surface area contributed by atoms with Gasteiger partial charge in [0, 0.05) is 7.11 Å². The van der Waals surface area contributed by atoms with E-state index in [0.717, 1.165) is 0 Å². The molecule has 2 aliphatic rings. The molecule has 1 fully saturated rings. The normalized spacial score (nSPS) is 33.6. The predicted molar refractivity (Wildman–Crippen MR) is 60.8 cm³/mol. The van der Waals surface area contributed by atoms with Crippen LogP contribution in [0.3, 0.4) is 0 Å². The average Bonchev–Trinajstić information content (AvgIpc) is 3.18. The van der Waals surface area contributed by atoms with Gasteiger partial charge in [0.2, 0.25) is 5.79 Å². The summed E-state index contributed by atoms with van der Waals surface area (Å²) in [4.78, 5) is 11.3. The van der Waals surface area contributed by atoms with Gasteiger partial charge in [0.1, 0.15) is 18.8 Å². The summed E-state index contributed by atoms with van der Waals surface area (Å²) in [6.45, 7) is 0.886. The minimum atomic E-state index is -1.33. The number of ether oxygens (including phenoxy) is 4. The Morgan fingerprint density at radius 2 is 2.28 bits per heavy atom.